The van der Waals surface area contributed by atoms with Gasteiger partial charge in [-0.3, -0.25) is 9.59 Å². The molecule has 0 bridgehead atoms. The summed E-state index contributed by atoms with van der Waals surface area (Å²) in [6, 6.07) is 8.13. The lowest BCUT2D eigenvalue weighted by molar-refractivity contribution is -0.163. The molecule has 2 aromatic carbocycles. The molecule has 0 radical (unpaired) electrons. The first-order chi connectivity index (χ1) is 18.8. The predicted octanol–water partition coefficient (Wildman–Crippen LogP) is 6.05. The van der Waals surface area contributed by atoms with Gasteiger partial charge in [0.15, 0.2) is 0 Å². The second-order valence-electron chi connectivity index (χ2n) is 9.44. The number of rotatable bonds is 6. The molecule has 13 heteroatoms. The molecule has 1 amide bonds. The quantitative estimate of drug-likeness (QED) is 0.328. The van der Waals surface area contributed by atoms with E-state index in [1.165, 1.54) is 11.0 Å². The first kappa shape index (κ1) is 29.8. The number of morpholine rings is 1. The van der Waals surface area contributed by atoms with Crippen molar-refractivity contribution >= 4 is 34.9 Å². The Labute approximate surface area is 230 Å². The molecule has 2 aliphatic heterocycles. The van der Waals surface area contributed by atoms with E-state index < -0.39 is 57.3 Å². The summed E-state index contributed by atoms with van der Waals surface area (Å²) < 4.78 is 90.9. The molecule has 0 unspecified atom stereocenters. The third kappa shape index (κ3) is 6.57. The fourth-order valence-electron chi connectivity index (χ4n) is 4.82. The van der Waals surface area contributed by atoms with E-state index in [2.05, 4.69) is 6.58 Å². The molecule has 2 aromatic rings. The fourth-order valence-corrected chi connectivity index (χ4v) is 5.86. The van der Waals surface area contributed by atoms with Crippen LogP contribution >= 0.6 is 11.8 Å². The highest BCUT2D eigenvalue weighted by atomic mass is 32.2. The summed E-state index contributed by atoms with van der Waals surface area (Å²) in [6.07, 6.45) is -10.0. The molecule has 6 nitrogen and oxygen atoms in total. The Kier molecular flexibility index (Phi) is 8.74. The molecule has 0 atom stereocenters. The number of halogens is 6. The second-order valence-corrected chi connectivity index (χ2v) is 10.6. The summed E-state index contributed by atoms with van der Waals surface area (Å²) in [5, 5.41) is 9.20. The van der Waals surface area contributed by atoms with Gasteiger partial charge in [0.2, 0.25) is 0 Å². The molecule has 2 saturated heterocycles. The van der Waals surface area contributed by atoms with E-state index in [0.717, 1.165) is 12.1 Å². The number of benzene rings is 2. The highest BCUT2D eigenvalue weighted by Crippen LogP contribution is 2.49. The van der Waals surface area contributed by atoms with E-state index in [1.807, 2.05) is 4.90 Å². The number of piperidine rings is 1. The Morgan fingerprint density at radius 2 is 1.55 bits per heavy atom. The van der Waals surface area contributed by atoms with Crippen molar-refractivity contribution in [3.8, 4) is 0 Å². The number of alkyl halides is 6. The number of ether oxygens (including phenoxy) is 1. The summed E-state index contributed by atoms with van der Waals surface area (Å²) in [6.45, 7) is 4.78. The van der Waals surface area contributed by atoms with Crippen LogP contribution in [-0.2, 0) is 26.7 Å². The van der Waals surface area contributed by atoms with Crippen LogP contribution in [0.15, 0.2) is 52.8 Å². The molecule has 2 fully saturated rings. The molecular weight excluding hydrogens is 562 g/mol. The van der Waals surface area contributed by atoms with Crippen molar-refractivity contribution in [2.75, 3.05) is 44.3 Å². The van der Waals surface area contributed by atoms with Crippen molar-refractivity contribution in [3.05, 3.63) is 59.7 Å². The zero-order chi connectivity index (χ0) is 29.2. The van der Waals surface area contributed by atoms with E-state index in [1.54, 1.807) is 18.2 Å². The minimum atomic E-state index is -5.43. The Hall–Kier alpha value is -3.19. The summed E-state index contributed by atoms with van der Waals surface area (Å²) in [5.74, 6) is -2.25. The fraction of sp³-hybridized carbons (Fsp3) is 0.407. The van der Waals surface area contributed by atoms with Crippen LogP contribution in [0.1, 0.15) is 29.5 Å². The standard InChI is InChI=1S/C27H26F6N2O4S/c1-16(24(36)35-11-13-39-14-12-35)20-5-6-21(23(27(31,32)33)22(20)26(28,29)30)40-19-4-2-3-18(15-19)34-9-7-17(8-10-34)25(37)38/h2-6,15,17H,1,7-14H2,(H,37,38). The number of carbonyl (C=O) groups is 2. The van der Waals surface area contributed by atoms with E-state index in [4.69, 9.17) is 4.74 Å². The summed E-state index contributed by atoms with van der Waals surface area (Å²) in [7, 11) is 0. The molecule has 4 rings (SSSR count). The number of hydrogen-bond donors (Lipinski definition) is 1. The number of anilines is 1. The molecule has 2 heterocycles. The lowest BCUT2D eigenvalue weighted by atomic mass is 9.94. The first-order valence-corrected chi connectivity index (χ1v) is 13.2. The summed E-state index contributed by atoms with van der Waals surface area (Å²) >= 11 is 0.530. The van der Waals surface area contributed by atoms with Crippen LogP contribution in [-0.4, -0.2) is 61.3 Å². The number of carbonyl (C=O) groups excluding carboxylic acids is 1. The van der Waals surface area contributed by atoms with Gasteiger partial charge in [-0.05, 0) is 42.7 Å². The van der Waals surface area contributed by atoms with E-state index >= 15 is 0 Å². The Bertz CT molecular complexity index is 1280. The van der Waals surface area contributed by atoms with E-state index in [9.17, 15) is 41.0 Å². The predicted molar refractivity (Wildman–Crippen MR) is 136 cm³/mol. The minimum absolute atomic E-state index is 0.0869. The van der Waals surface area contributed by atoms with E-state index in [-0.39, 0.29) is 31.2 Å². The molecule has 0 aromatic heterocycles. The Morgan fingerprint density at radius 1 is 0.925 bits per heavy atom. The van der Waals surface area contributed by atoms with E-state index in [0.29, 0.717) is 43.4 Å². The van der Waals surface area contributed by atoms with Crippen LogP contribution in [0.2, 0.25) is 0 Å². The van der Waals surface area contributed by atoms with Gasteiger partial charge in [-0.25, -0.2) is 0 Å². The third-order valence-electron chi connectivity index (χ3n) is 6.87. The molecule has 40 heavy (non-hydrogen) atoms. The van der Waals surface area contributed by atoms with Gasteiger partial charge in [-0.2, -0.15) is 26.3 Å². The number of hydrogen-bond acceptors (Lipinski definition) is 5. The number of carboxylic acid groups (broad SMARTS) is 1. The average molecular weight is 589 g/mol. The SMILES string of the molecule is C=C(C(=O)N1CCOCC1)c1ccc(Sc2cccc(N3CCC(C(=O)O)CC3)c2)c(C(F)(F)F)c1C(F)(F)F. The second kappa shape index (κ2) is 11.7. The lowest BCUT2D eigenvalue weighted by Crippen LogP contribution is -2.41. The normalized spacial score (nSPS) is 17.1. The maximum absolute atomic E-state index is 14.3. The summed E-state index contributed by atoms with van der Waals surface area (Å²) in [4.78, 5) is 26.8. The minimum Gasteiger partial charge on any atom is -0.481 e. The van der Waals surface area contributed by atoms with Crippen LogP contribution in [0.3, 0.4) is 0 Å². The maximum atomic E-state index is 14.3. The summed E-state index contributed by atoms with van der Waals surface area (Å²) in [5.41, 5.74) is -4.81. The van der Waals surface area contributed by atoms with Gasteiger partial charge in [0.25, 0.3) is 5.91 Å². The lowest BCUT2D eigenvalue weighted by Gasteiger charge is -2.32. The largest absolute Gasteiger partial charge is 0.481 e. The van der Waals surface area contributed by atoms with Gasteiger partial charge < -0.3 is 19.6 Å². The van der Waals surface area contributed by atoms with Crippen LogP contribution in [0.4, 0.5) is 32.0 Å². The van der Waals surface area contributed by atoms with Gasteiger partial charge >= 0.3 is 18.3 Å². The van der Waals surface area contributed by atoms with Crippen molar-refractivity contribution in [2.45, 2.75) is 35.0 Å². The number of carboxylic acids is 1. The smallest absolute Gasteiger partial charge is 0.418 e. The van der Waals surface area contributed by atoms with Crippen LogP contribution in [0.25, 0.3) is 5.57 Å². The van der Waals surface area contributed by atoms with Crippen molar-refractivity contribution in [3.63, 3.8) is 0 Å². The average Bonchev–Trinajstić information content (AvgIpc) is 2.91. The molecule has 216 valence electrons. The number of nitrogens with zero attached hydrogens (tertiary/aromatic N) is 2. The van der Waals surface area contributed by atoms with Crippen molar-refractivity contribution < 1.29 is 45.8 Å². The molecular formula is C27H26F6N2O4S. The van der Waals surface area contributed by atoms with Gasteiger partial charge in [0.1, 0.15) is 0 Å². The molecule has 1 N–H and O–H groups in total. The van der Waals surface area contributed by atoms with Gasteiger partial charge in [0.05, 0.1) is 30.3 Å². The van der Waals surface area contributed by atoms with Crippen molar-refractivity contribution in [2.24, 2.45) is 5.92 Å². The molecule has 0 aliphatic carbocycles. The number of amides is 1. The third-order valence-corrected chi connectivity index (χ3v) is 7.92. The monoisotopic (exact) mass is 588 g/mol. The Balaban J connectivity index is 1.69. The molecule has 2 aliphatic rings. The zero-order valence-corrected chi connectivity index (χ0v) is 22.0. The highest BCUT2D eigenvalue weighted by Gasteiger charge is 2.47. The van der Waals surface area contributed by atoms with Crippen LogP contribution in [0, 0.1) is 5.92 Å². The number of aliphatic carboxylic acids is 1. The van der Waals surface area contributed by atoms with Gasteiger partial charge in [-0.1, -0.05) is 30.5 Å². The van der Waals surface area contributed by atoms with Crippen molar-refractivity contribution in [1.82, 2.24) is 4.90 Å². The van der Waals surface area contributed by atoms with Crippen molar-refractivity contribution in [1.29, 1.82) is 0 Å². The molecule has 0 spiro atoms. The van der Waals surface area contributed by atoms with Gasteiger partial charge in [-0.15, -0.1) is 0 Å². The van der Waals surface area contributed by atoms with Crippen LogP contribution < -0.4 is 4.90 Å². The van der Waals surface area contributed by atoms with Crippen LogP contribution in [0.5, 0.6) is 0 Å². The highest BCUT2D eigenvalue weighted by molar-refractivity contribution is 7.99. The maximum Gasteiger partial charge on any atom is 0.418 e. The zero-order valence-electron chi connectivity index (χ0n) is 21.1. The topological polar surface area (TPSA) is 70.1 Å². The molecule has 0 saturated carbocycles. The first-order valence-electron chi connectivity index (χ1n) is 12.4. The Morgan fingerprint density at radius 3 is 2.12 bits per heavy atom. The van der Waals surface area contributed by atoms with Gasteiger partial charge in [0, 0.05) is 47.2 Å².